The summed E-state index contributed by atoms with van der Waals surface area (Å²) >= 11 is 1.42. The lowest BCUT2D eigenvalue weighted by atomic mass is 10.4. The average Bonchev–Trinajstić information content (AvgIpc) is 2.86. The molecule has 0 atom stereocenters. The normalized spacial score (nSPS) is 10.9. The largest absolute Gasteiger partial charge is 0.411 e. The van der Waals surface area contributed by atoms with E-state index in [1.54, 1.807) is 0 Å². The van der Waals surface area contributed by atoms with Crippen LogP contribution < -0.4 is 11.1 Å². The van der Waals surface area contributed by atoms with Crippen LogP contribution in [-0.2, 0) is 16.1 Å². The van der Waals surface area contributed by atoms with Crippen LogP contribution in [0.3, 0.4) is 0 Å². The van der Waals surface area contributed by atoms with E-state index in [9.17, 15) is 18.0 Å². The van der Waals surface area contributed by atoms with Gasteiger partial charge in [0, 0.05) is 11.3 Å². The molecule has 0 aromatic carbocycles. The van der Waals surface area contributed by atoms with Gasteiger partial charge >= 0.3 is 6.18 Å². The number of thiophene rings is 1. The summed E-state index contributed by atoms with van der Waals surface area (Å²) in [7, 11) is 0. The highest BCUT2D eigenvalue weighted by molar-refractivity contribution is 7.12. The predicted molar refractivity (Wildman–Crippen MR) is 73.6 cm³/mol. The zero-order valence-corrected chi connectivity index (χ0v) is 11.9. The van der Waals surface area contributed by atoms with E-state index in [1.807, 2.05) is 12.1 Å². The summed E-state index contributed by atoms with van der Waals surface area (Å²) in [6, 6.07) is 3.65. The fourth-order valence-electron chi connectivity index (χ4n) is 1.31. The fourth-order valence-corrected chi connectivity index (χ4v) is 2.13. The second kappa shape index (κ2) is 8.67. The second-order valence-electron chi connectivity index (χ2n) is 3.97. The van der Waals surface area contributed by atoms with Crippen LogP contribution in [0.4, 0.5) is 13.2 Å². The van der Waals surface area contributed by atoms with E-state index in [2.05, 4.69) is 21.9 Å². The third-order valence-electron chi connectivity index (χ3n) is 2.17. The number of carbonyl (C=O) groups is 1. The van der Waals surface area contributed by atoms with Crippen LogP contribution in [0.25, 0.3) is 0 Å². The van der Waals surface area contributed by atoms with Crippen molar-refractivity contribution in [2.75, 3.05) is 19.8 Å². The quantitative estimate of drug-likeness (QED) is 0.619. The molecule has 8 heteroatoms. The van der Waals surface area contributed by atoms with E-state index in [0.717, 1.165) is 9.75 Å². The minimum absolute atomic E-state index is 0.110. The zero-order chi connectivity index (χ0) is 15.7. The molecule has 0 bridgehead atoms. The summed E-state index contributed by atoms with van der Waals surface area (Å²) in [6.45, 7) is -1.01. The first-order chi connectivity index (χ1) is 9.90. The average molecular weight is 320 g/mol. The summed E-state index contributed by atoms with van der Waals surface area (Å²) < 4.78 is 39.7. The predicted octanol–water partition coefficient (Wildman–Crippen LogP) is 1.64. The molecule has 1 aromatic heterocycles. The van der Waals surface area contributed by atoms with Gasteiger partial charge < -0.3 is 15.8 Å². The molecule has 0 spiro atoms. The van der Waals surface area contributed by atoms with Crippen molar-refractivity contribution in [1.29, 1.82) is 0 Å². The van der Waals surface area contributed by atoms with E-state index in [4.69, 9.17) is 5.73 Å². The van der Waals surface area contributed by atoms with Gasteiger partial charge in [0.05, 0.1) is 24.6 Å². The summed E-state index contributed by atoms with van der Waals surface area (Å²) in [4.78, 5) is 13.2. The van der Waals surface area contributed by atoms with Gasteiger partial charge in [0.15, 0.2) is 0 Å². The molecule has 0 aliphatic carbocycles. The second-order valence-corrected chi connectivity index (χ2v) is 5.13. The van der Waals surface area contributed by atoms with Crippen molar-refractivity contribution in [3.8, 4) is 11.8 Å². The number of nitrogens with one attached hydrogen (secondary N) is 1. The molecular weight excluding hydrogens is 305 g/mol. The molecule has 1 rings (SSSR count). The van der Waals surface area contributed by atoms with Gasteiger partial charge in [-0.3, -0.25) is 4.79 Å². The van der Waals surface area contributed by atoms with Gasteiger partial charge in [-0.1, -0.05) is 11.8 Å². The smallest absolute Gasteiger partial charge is 0.372 e. The molecular formula is C13H15F3N2O2S. The Labute approximate surface area is 124 Å². The molecule has 1 heterocycles. The van der Waals surface area contributed by atoms with Crippen LogP contribution in [-0.4, -0.2) is 31.8 Å². The molecule has 0 saturated carbocycles. The molecule has 1 aromatic rings. The Balaban J connectivity index is 2.22. The highest BCUT2D eigenvalue weighted by atomic mass is 32.1. The number of hydrogen-bond acceptors (Lipinski definition) is 4. The number of alkyl halides is 3. The number of amides is 1. The van der Waals surface area contributed by atoms with Crippen molar-refractivity contribution in [2.45, 2.75) is 19.1 Å². The first-order valence-electron chi connectivity index (χ1n) is 6.09. The summed E-state index contributed by atoms with van der Waals surface area (Å²) in [5.74, 6) is 5.23. The van der Waals surface area contributed by atoms with Crippen molar-refractivity contribution in [1.82, 2.24) is 5.32 Å². The maximum absolute atomic E-state index is 11.8. The molecule has 0 saturated heterocycles. The molecule has 1 amide bonds. The van der Waals surface area contributed by atoms with Gasteiger partial charge in [0.1, 0.15) is 6.61 Å². The lowest BCUT2D eigenvalue weighted by molar-refractivity contribution is -0.174. The van der Waals surface area contributed by atoms with Crippen molar-refractivity contribution in [3.05, 3.63) is 21.9 Å². The van der Waals surface area contributed by atoms with Crippen molar-refractivity contribution in [2.24, 2.45) is 5.73 Å². The summed E-state index contributed by atoms with van der Waals surface area (Å²) in [6.07, 6.45) is -4.48. The van der Waals surface area contributed by atoms with E-state index < -0.39 is 12.8 Å². The molecule has 0 aliphatic rings. The molecule has 21 heavy (non-hydrogen) atoms. The van der Waals surface area contributed by atoms with Gasteiger partial charge in [-0.15, -0.1) is 11.3 Å². The van der Waals surface area contributed by atoms with E-state index >= 15 is 0 Å². The number of hydrogen-bond donors (Lipinski definition) is 2. The third-order valence-corrected chi connectivity index (χ3v) is 3.17. The molecule has 4 nitrogen and oxygen atoms in total. The van der Waals surface area contributed by atoms with Gasteiger partial charge in [0.2, 0.25) is 5.91 Å². The summed E-state index contributed by atoms with van der Waals surface area (Å²) in [5, 5.41) is 2.60. The fraction of sp³-hybridized carbons (Fsp3) is 0.462. The van der Waals surface area contributed by atoms with E-state index in [1.165, 1.54) is 11.3 Å². The van der Waals surface area contributed by atoms with E-state index in [0.29, 0.717) is 6.54 Å². The zero-order valence-electron chi connectivity index (χ0n) is 11.1. The molecule has 3 N–H and O–H groups in total. The molecule has 0 unspecified atom stereocenters. The maximum Gasteiger partial charge on any atom is 0.411 e. The van der Waals surface area contributed by atoms with Crippen LogP contribution in [0.5, 0.6) is 0 Å². The van der Waals surface area contributed by atoms with Crippen LogP contribution >= 0.6 is 11.3 Å². The van der Waals surface area contributed by atoms with Crippen LogP contribution in [0.15, 0.2) is 12.1 Å². The minimum atomic E-state index is -4.37. The standard InChI is InChI=1S/C13H15F3N2O2S/c14-13(15,16)9-20-7-5-12(19)18-8-11-4-3-10(21-11)2-1-6-17/h3-4H,5-9,17H2,(H,18,19). The first-order valence-corrected chi connectivity index (χ1v) is 6.91. The number of carbonyl (C=O) groups excluding carboxylic acids is 1. The Morgan fingerprint density at radius 1 is 1.43 bits per heavy atom. The highest BCUT2D eigenvalue weighted by Gasteiger charge is 2.27. The number of rotatable bonds is 6. The summed E-state index contributed by atoms with van der Waals surface area (Å²) in [5.41, 5.74) is 5.26. The number of nitrogens with two attached hydrogens (primary N) is 1. The molecule has 116 valence electrons. The topological polar surface area (TPSA) is 64.3 Å². The van der Waals surface area contributed by atoms with Crippen molar-refractivity contribution < 1.29 is 22.7 Å². The number of halogens is 3. The van der Waals surface area contributed by atoms with Gasteiger partial charge in [-0.25, -0.2) is 0 Å². The first kappa shape index (κ1) is 17.5. The minimum Gasteiger partial charge on any atom is -0.372 e. The van der Waals surface area contributed by atoms with Crippen LogP contribution in [0.2, 0.25) is 0 Å². The van der Waals surface area contributed by atoms with Gasteiger partial charge in [-0.05, 0) is 12.1 Å². The molecule has 0 radical (unpaired) electrons. The third kappa shape index (κ3) is 8.34. The van der Waals surface area contributed by atoms with Crippen LogP contribution in [0, 0.1) is 11.8 Å². The Morgan fingerprint density at radius 2 is 2.19 bits per heavy atom. The Hall–Kier alpha value is -1.56. The Morgan fingerprint density at radius 3 is 2.86 bits per heavy atom. The van der Waals surface area contributed by atoms with Gasteiger partial charge in [-0.2, -0.15) is 13.2 Å². The Kier molecular flexibility index (Phi) is 7.22. The SMILES string of the molecule is NCC#Cc1ccc(CNC(=O)CCOCC(F)(F)F)s1. The highest BCUT2D eigenvalue weighted by Crippen LogP contribution is 2.15. The van der Waals surface area contributed by atoms with Crippen molar-refractivity contribution in [3.63, 3.8) is 0 Å². The maximum atomic E-state index is 11.8. The lowest BCUT2D eigenvalue weighted by Gasteiger charge is -2.07. The lowest BCUT2D eigenvalue weighted by Crippen LogP contribution is -2.25. The van der Waals surface area contributed by atoms with E-state index in [-0.39, 0.29) is 25.5 Å². The molecule has 0 aliphatic heterocycles. The van der Waals surface area contributed by atoms with Crippen LogP contribution in [0.1, 0.15) is 16.2 Å². The Bertz CT molecular complexity index is 517. The molecule has 0 fully saturated rings. The monoisotopic (exact) mass is 320 g/mol. The van der Waals surface area contributed by atoms with Gasteiger partial charge in [0.25, 0.3) is 0 Å². The number of ether oxygens (including phenoxy) is 1. The van der Waals surface area contributed by atoms with Crippen molar-refractivity contribution >= 4 is 17.2 Å².